The summed E-state index contributed by atoms with van der Waals surface area (Å²) < 4.78 is 35.1. The fraction of sp³-hybridized carbons (Fsp3) is 0.192. The van der Waals surface area contributed by atoms with E-state index in [0.717, 1.165) is 22.2 Å². The molecule has 0 aliphatic carbocycles. The van der Waals surface area contributed by atoms with Crippen LogP contribution in [0, 0.1) is 0 Å². The van der Waals surface area contributed by atoms with Gasteiger partial charge >= 0.3 is 0 Å². The van der Waals surface area contributed by atoms with Crippen molar-refractivity contribution in [3.8, 4) is 17.1 Å². The number of fused-ring (bicyclic) bond motifs is 3. The summed E-state index contributed by atoms with van der Waals surface area (Å²) in [6.45, 7) is 1.69. The molecule has 182 valence electrons. The number of anilines is 1. The van der Waals surface area contributed by atoms with Gasteiger partial charge in [-0.05, 0) is 48.5 Å². The smallest absolute Gasteiger partial charge is 0.243 e. The summed E-state index contributed by atoms with van der Waals surface area (Å²) in [7, 11) is -1.92. The Labute approximate surface area is 208 Å². The molecule has 3 aromatic carbocycles. The lowest BCUT2D eigenvalue weighted by molar-refractivity contribution is 0.382. The van der Waals surface area contributed by atoms with E-state index in [0.29, 0.717) is 48.5 Å². The van der Waals surface area contributed by atoms with Gasteiger partial charge in [0.1, 0.15) is 5.75 Å². The molecule has 6 rings (SSSR count). The van der Waals surface area contributed by atoms with Gasteiger partial charge in [-0.25, -0.2) is 17.8 Å². The van der Waals surface area contributed by atoms with Crippen LogP contribution in [0.15, 0.2) is 83.8 Å². The van der Waals surface area contributed by atoms with Crippen molar-refractivity contribution >= 4 is 32.5 Å². The summed E-state index contributed by atoms with van der Waals surface area (Å²) in [5, 5.41) is 9.95. The number of aromatic nitrogens is 4. The van der Waals surface area contributed by atoms with Crippen molar-refractivity contribution in [2.24, 2.45) is 0 Å². The summed E-state index contributed by atoms with van der Waals surface area (Å²) in [4.78, 5) is 7.40. The van der Waals surface area contributed by atoms with Crippen molar-refractivity contribution in [2.75, 3.05) is 38.2 Å². The van der Waals surface area contributed by atoms with E-state index in [-0.39, 0.29) is 0 Å². The Hall–Kier alpha value is -4.02. The topological polar surface area (TPSA) is 92.9 Å². The summed E-state index contributed by atoms with van der Waals surface area (Å²) >= 11 is 0. The zero-order chi connectivity index (χ0) is 24.7. The van der Waals surface area contributed by atoms with E-state index in [1.54, 1.807) is 31.4 Å². The Morgan fingerprint density at radius 3 is 2.22 bits per heavy atom. The first-order valence-corrected chi connectivity index (χ1v) is 13.1. The molecule has 9 nitrogen and oxygen atoms in total. The molecule has 0 atom stereocenters. The van der Waals surface area contributed by atoms with Crippen LogP contribution in [-0.4, -0.2) is 65.6 Å². The number of rotatable bonds is 5. The van der Waals surface area contributed by atoms with Crippen molar-refractivity contribution in [3.63, 3.8) is 0 Å². The Kier molecular flexibility index (Phi) is 5.54. The third-order valence-electron chi connectivity index (χ3n) is 6.48. The van der Waals surface area contributed by atoms with Crippen molar-refractivity contribution in [2.45, 2.75) is 4.90 Å². The van der Waals surface area contributed by atoms with Crippen molar-refractivity contribution in [1.29, 1.82) is 0 Å². The molecule has 1 aliphatic rings. The Bertz CT molecular complexity index is 1640. The van der Waals surface area contributed by atoms with E-state index in [4.69, 9.17) is 9.72 Å². The van der Waals surface area contributed by atoms with Gasteiger partial charge in [0, 0.05) is 37.1 Å². The van der Waals surface area contributed by atoms with Crippen molar-refractivity contribution in [1.82, 2.24) is 23.9 Å². The van der Waals surface area contributed by atoms with Crippen LogP contribution in [0.25, 0.3) is 27.9 Å². The molecule has 5 aromatic rings. The predicted octanol–water partition coefficient (Wildman–Crippen LogP) is 3.46. The normalized spacial score (nSPS) is 15.0. The van der Waals surface area contributed by atoms with Crippen LogP contribution in [0.1, 0.15) is 0 Å². The number of benzene rings is 3. The highest BCUT2D eigenvalue weighted by atomic mass is 32.2. The van der Waals surface area contributed by atoms with Crippen molar-refractivity contribution < 1.29 is 13.2 Å². The number of para-hydroxylation sites is 1. The molecule has 0 unspecified atom stereocenters. The van der Waals surface area contributed by atoms with Gasteiger partial charge in [-0.3, -0.25) is 0 Å². The number of methoxy groups -OCH3 is 1. The van der Waals surface area contributed by atoms with Crippen LogP contribution >= 0.6 is 0 Å². The summed E-state index contributed by atoms with van der Waals surface area (Å²) in [5.41, 5.74) is 2.40. The van der Waals surface area contributed by atoms with Gasteiger partial charge in [-0.15, -0.1) is 10.2 Å². The molecule has 3 heterocycles. The highest BCUT2D eigenvalue weighted by Crippen LogP contribution is 2.30. The highest BCUT2D eigenvalue weighted by molar-refractivity contribution is 7.89. The minimum absolute atomic E-state index is 0.310. The fourth-order valence-corrected chi connectivity index (χ4v) is 6.02. The largest absolute Gasteiger partial charge is 0.497 e. The average molecular weight is 501 g/mol. The third-order valence-corrected chi connectivity index (χ3v) is 8.39. The van der Waals surface area contributed by atoms with Gasteiger partial charge in [0.2, 0.25) is 16.0 Å². The van der Waals surface area contributed by atoms with Crippen LogP contribution < -0.4 is 9.64 Å². The van der Waals surface area contributed by atoms with Crippen LogP contribution in [0.5, 0.6) is 5.75 Å². The molecule has 0 radical (unpaired) electrons. The van der Waals surface area contributed by atoms with Crippen LogP contribution in [0.3, 0.4) is 0 Å². The molecule has 0 spiro atoms. The molecule has 1 aliphatic heterocycles. The van der Waals surface area contributed by atoms with E-state index in [9.17, 15) is 8.42 Å². The second kappa shape index (κ2) is 8.89. The van der Waals surface area contributed by atoms with Gasteiger partial charge in [0.05, 0.1) is 17.5 Å². The van der Waals surface area contributed by atoms with Crippen LogP contribution in [0.4, 0.5) is 5.95 Å². The maximum absolute atomic E-state index is 13.1. The van der Waals surface area contributed by atoms with Gasteiger partial charge in [0.15, 0.2) is 11.5 Å². The van der Waals surface area contributed by atoms with E-state index in [2.05, 4.69) is 15.1 Å². The Morgan fingerprint density at radius 2 is 1.50 bits per heavy atom. The number of ether oxygens (including phenoxy) is 1. The average Bonchev–Trinajstić information content (AvgIpc) is 3.39. The molecule has 1 fully saturated rings. The molecule has 36 heavy (non-hydrogen) atoms. The first-order valence-electron chi connectivity index (χ1n) is 11.6. The highest BCUT2D eigenvalue weighted by Gasteiger charge is 2.30. The zero-order valence-corrected chi connectivity index (χ0v) is 20.5. The van der Waals surface area contributed by atoms with Gasteiger partial charge in [-0.1, -0.05) is 30.3 Å². The molecule has 0 amide bonds. The van der Waals surface area contributed by atoms with Gasteiger partial charge in [0.25, 0.3) is 0 Å². The Morgan fingerprint density at radius 1 is 0.806 bits per heavy atom. The monoisotopic (exact) mass is 500 g/mol. The number of hydrogen-bond acceptors (Lipinski definition) is 7. The van der Waals surface area contributed by atoms with E-state index >= 15 is 0 Å². The van der Waals surface area contributed by atoms with Gasteiger partial charge < -0.3 is 9.64 Å². The number of nitrogens with zero attached hydrogens (tertiary/aromatic N) is 6. The zero-order valence-electron chi connectivity index (χ0n) is 19.7. The molecular formula is C26H24N6O3S. The molecular weight excluding hydrogens is 476 g/mol. The van der Waals surface area contributed by atoms with Crippen LogP contribution in [-0.2, 0) is 10.0 Å². The number of hydrogen-bond donors (Lipinski definition) is 0. The van der Waals surface area contributed by atoms with Crippen molar-refractivity contribution in [3.05, 3.63) is 78.9 Å². The quantitative estimate of drug-likeness (QED) is 0.365. The second-order valence-corrected chi connectivity index (χ2v) is 10.5. The molecule has 0 bridgehead atoms. The summed E-state index contributed by atoms with van der Waals surface area (Å²) in [6.07, 6.45) is 0. The molecule has 0 saturated carbocycles. The van der Waals surface area contributed by atoms with E-state index in [1.165, 1.54) is 4.31 Å². The molecule has 2 aromatic heterocycles. The summed E-state index contributed by atoms with van der Waals surface area (Å²) in [5.74, 6) is 2.11. The van der Waals surface area contributed by atoms with E-state index in [1.807, 2.05) is 59.0 Å². The first kappa shape index (κ1) is 22.4. The molecule has 10 heteroatoms. The summed E-state index contributed by atoms with van der Waals surface area (Å²) in [6, 6.07) is 24.1. The predicted molar refractivity (Wildman–Crippen MR) is 138 cm³/mol. The maximum atomic E-state index is 13.1. The lowest BCUT2D eigenvalue weighted by atomic mass is 10.2. The minimum Gasteiger partial charge on any atom is -0.497 e. The molecule has 1 saturated heterocycles. The SMILES string of the molecule is COc1ccc(-c2nnc3c4ccccc4nc(N4CCN(S(=O)(=O)c5ccccc5)CC4)n23)cc1. The number of sulfonamides is 1. The van der Waals surface area contributed by atoms with E-state index < -0.39 is 10.0 Å². The Balaban J connectivity index is 1.40. The number of piperazine rings is 1. The standard InChI is InChI=1S/C26H24N6O3S/c1-35-20-13-11-19(12-14-20)24-28-29-25-22-9-5-6-10-23(22)27-26(32(24)25)30-15-17-31(18-16-30)36(33,34)21-7-3-2-4-8-21/h2-14H,15-18H2,1H3. The third kappa shape index (κ3) is 3.75. The lowest BCUT2D eigenvalue weighted by Gasteiger charge is -2.35. The molecule has 0 N–H and O–H groups in total. The lowest BCUT2D eigenvalue weighted by Crippen LogP contribution is -2.49. The first-order chi connectivity index (χ1) is 17.6. The fourth-order valence-electron chi connectivity index (χ4n) is 4.58. The minimum atomic E-state index is -3.55. The van der Waals surface area contributed by atoms with Gasteiger partial charge in [-0.2, -0.15) is 4.31 Å². The maximum Gasteiger partial charge on any atom is 0.243 e. The second-order valence-electron chi connectivity index (χ2n) is 8.54. The van der Waals surface area contributed by atoms with Crippen LogP contribution in [0.2, 0.25) is 0 Å².